The number of anilines is 1. The molecule has 1 heterocycles. The number of hydrogen-bond acceptors (Lipinski definition) is 4. The minimum atomic E-state index is -0.110. The molecule has 17 heavy (non-hydrogen) atoms. The molecule has 0 aliphatic heterocycles. The van der Waals surface area contributed by atoms with Crippen LogP contribution < -0.4 is 5.32 Å². The quantitative estimate of drug-likeness (QED) is 0.584. The lowest BCUT2D eigenvalue weighted by molar-refractivity contribution is -0.143. The van der Waals surface area contributed by atoms with Crippen molar-refractivity contribution in [2.45, 2.75) is 33.1 Å². The lowest BCUT2D eigenvalue weighted by Crippen LogP contribution is -2.06. The van der Waals surface area contributed by atoms with Crippen LogP contribution in [0.2, 0.25) is 0 Å². The van der Waals surface area contributed by atoms with E-state index in [4.69, 9.17) is 4.74 Å². The monoisotopic (exact) mass is 236 g/mol. The van der Waals surface area contributed by atoms with Gasteiger partial charge in [0, 0.05) is 19.2 Å². The van der Waals surface area contributed by atoms with E-state index < -0.39 is 0 Å². The first-order valence-electron chi connectivity index (χ1n) is 6.04. The molecule has 1 aromatic rings. The van der Waals surface area contributed by atoms with Gasteiger partial charge in [0.15, 0.2) is 0 Å². The first-order valence-corrected chi connectivity index (χ1v) is 6.04. The first-order chi connectivity index (χ1) is 8.22. The van der Waals surface area contributed by atoms with E-state index in [1.165, 1.54) is 5.56 Å². The number of aryl methyl sites for hydroxylation is 1. The van der Waals surface area contributed by atoms with Gasteiger partial charge in [0.2, 0.25) is 0 Å². The second-order valence-electron chi connectivity index (χ2n) is 3.91. The maximum Gasteiger partial charge on any atom is 0.305 e. The third kappa shape index (κ3) is 5.90. The molecule has 0 saturated carbocycles. The summed E-state index contributed by atoms with van der Waals surface area (Å²) >= 11 is 0. The number of aromatic nitrogens is 1. The molecule has 4 nitrogen and oxygen atoms in total. The number of unbranched alkanes of at least 4 members (excludes halogenated alkanes) is 1. The summed E-state index contributed by atoms with van der Waals surface area (Å²) in [5.74, 6) is 0.780. The van der Waals surface area contributed by atoms with Gasteiger partial charge in [-0.3, -0.25) is 4.79 Å². The van der Waals surface area contributed by atoms with Gasteiger partial charge in [-0.2, -0.15) is 0 Å². The van der Waals surface area contributed by atoms with E-state index in [2.05, 4.69) is 10.3 Å². The molecule has 4 heteroatoms. The van der Waals surface area contributed by atoms with Crippen LogP contribution in [0, 0.1) is 6.92 Å². The normalized spacial score (nSPS) is 10.0. The topological polar surface area (TPSA) is 51.2 Å². The highest BCUT2D eigenvalue weighted by Gasteiger charge is 2.00. The summed E-state index contributed by atoms with van der Waals surface area (Å²) in [6, 6.07) is 3.97. The molecule has 0 aromatic carbocycles. The molecule has 0 amide bonds. The fourth-order valence-electron chi connectivity index (χ4n) is 1.48. The summed E-state index contributed by atoms with van der Waals surface area (Å²) in [5.41, 5.74) is 1.19. The maximum atomic E-state index is 11.1. The Morgan fingerprint density at radius 1 is 1.47 bits per heavy atom. The Kier molecular flexibility index (Phi) is 6.07. The van der Waals surface area contributed by atoms with Crippen LogP contribution in [-0.2, 0) is 9.53 Å². The van der Waals surface area contributed by atoms with Crippen molar-refractivity contribution in [1.29, 1.82) is 0 Å². The Balaban J connectivity index is 2.10. The standard InChI is InChI=1S/C13H20N2O2/c1-3-17-13(16)6-4-5-8-14-12-10-11(2)7-9-15-12/h7,9-10H,3-6,8H2,1-2H3,(H,14,15). The summed E-state index contributed by atoms with van der Waals surface area (Å²) in [7, 11) is 0. The van der Waals surface area contributed by atoms with Gasteiger partial charge in [0.1, 0.15) is 5.82 Å². The van der Waals surface area contributed by atoms with E-state index in [9.17, 15) is 4.79 Å². The van der Waals surface area contributed by atoms with E-state index in [0.29, 0.717) is 13.0 Å². The molecule has 0 aliphatic rings. The lowest BCUT2D eigenvalue weighted by atomic mass is 10.2. The Bertz CT molecular complexity index is 353. The van der Waals surface area contributed by atoms with E-state index in [1.807, 2.05) is 26.0 Å². The molecule has 0 spiro atoms. The number of pyridine rings is 1. The van der Waals surface area contributed by atoms with Crippen LogP contribution in [0.1, 0.15) is 31.7 Å². The zero-order valence-electron chi connectivity index (χ0n) is 10.5. The van der Waals surface area contributed by atoms with Crippen molar-refractivity contribution < 1.29 is 9.53 Å². The van der Waals surface area contributed by atoms with E-state index >= 15 is 0 Å². The summed E-state index contributed by atoms with van der Waals surface area (Å²) in [6.45, 7) is 5.15. The van der Waals surface area contributed by atoms with Crippen LogP contribution in [-0.4, -0.2) is 24.1 Å². The van der Waals surface area contributed by atoms with Crippen LogP contribution in [0.15, 0.2) is 18.3 Å². The van der Waals surface area contributed by atoms with Crippen LogP contribution >= 0.6 is 0 Å². The second kappa shape index (κ2) is 7.65. The highest BCUT2D eigenvalue weighted by Crippen LogP contribution is 2.06. The Morgan fingerprint density at radius 2 is 2.29 bits per heavy atom. The molecule has 1 N–H and O–H groups in total. The number of carbonyl (C=O) groups is 1. The number of esters is 1. The largest absolute Gasteiger partial charge is 0.466 e. The lowest BCUT2D eigenvalue weighted by Gasteiger charge is -2.05. The number of ether oxygens (including phenoxy) is 1. The van der Waals surface area contributed by atoms with Gasteiger partial charge < -0.3 is 10.1 Å². The van der Waals surface area contributed by atoms with Crippen molar-refractivity contribution in [3.63, 3.8) is 0 Å². The van der Waals surface area contributed by atoms with Crippen LogP contribution in [0.5, 0.6) is 0 Å². The summed E-state index contributed by atoms with van der Waals surface area (Å²) in [4.78, 5) is 15.3. The molecule has 94 valence electrons. The van der Waals surface area contributed by atoms with Crippen LogP contribution in [0.25, 0.3) is 0 Å². The maximum absolute atomic E-state index is 11.1. The Labute approximate surface area is 102 Å². The van der Waals surface area contributed by atoms with Gasteiger partial charge in [-0.05, 0) is 44.4 Å². The Hall–Kier alpha value is -1.58. The van der Waals surface area contributed by atoms with Gasteiger partial charge in [-0.1, -0.05) is 0 Å². The summed E-state index contributed by atoms with van der Waals surface area (Å²) in [6.07, 6.45) is 4.07. The van der Waals surface area contributed by atoms with Crippen LogP contribution in [0.4, 0.5) is 5.82 Å². The molecule has 0 fully saturated rings. The van der Waals surface area contributed by atoms with Crippen molar-refractivity contribution in [3.05, 3.63) is 23.9 Å². The van der Waals surface area contributed by atoms with Gasteiger partial charge in [-0.15, -0.1) is 0 Å². The molecular weight excluding hydrogens is 216 g/mol. The van der Waals surface area contributed by atoms with E-state index in [1.54, 1.807) is 6.20 Å². The molecule has 0 atom stereocenters. The van der Waals surface area contributed by atoms with Crippen molar-refractivity contribution in [1.82, 2.24) is 4.98 Å². The number of rotatable bonds is 7. The molecule has 1 aromatic heterocycles. The van der Waals surface area contributed by atoms with Crippen molar-refractivity contribution >= 4 is 11.8 Å². The van der Waals surface area contributed by atoms with Gasteiger partial charge in [0.05, 0.1) is 6.61 Å². The van der Waals surface area contributed by atoms with Gasteiger partial charge >= 0.3 is 5.97 Å². The average Bonchev–Trinajstić information content (AvgIpc) is 2.29. The zero-order valence-corrected chi connectivity index (χ0v) is 10.5. The molecule has 0 saturated heterocycles. The minimum Gasteiger partial charge on any atom is -0.466 e. The molecule has 0 radical (unpaired) electrons. The average molecular weight is 236 g/mol. The third-order valence-electron chi connectivity index (χ3n) is 2.33. The fraction of sp³-hybridized carbons (Fsp3) is 0.538. The number of carbonyl (C=O) groups excluding carboxylic acids is 1. The van der Waals surface area contributed by atoms with Crippen LogP contribution in [0.3, 0.4) is 0 Å². The number of nitrogens with one attached hydrogen (secondary N) is 1. The first kappa shape index (κ1) is 13.5. The highest BCUT2D eigenvalue weighted by molar-refractivity contribution is 5.69. The van der Waals surface area contributed by atoms with Crippen molar-refractivity contribution in [3.8, 4) is 0 Å². The zero-order chi connectivity index (χ0) is 12.5. The summed E-state index contributed by atoms with van der Waals surface area (Å²) < 4.78 is 4.85. The number of hydrogen-bond donors (Lipinski definition) is 1. The predicted molar refractivity (Wildman–Crippen MR) is 67.9 cm³/mol. The SMILES string of the molecule is CCOC(=O)CCCCNc1cc(C)ccn1. The number of nitrogens with zero attached hydrogens (tertiary/aromatic N) is 1. The highest BCUT2D eigenvalue weighted by atomic mass is 16.5. The van der Waals surface area contributed by atoms with Gasteiger partial charge in [0.25, 0.3) is 0 Å². The van der Waals surface area contributed by atoms with Crippen molar-refractivity contribution in [2.75, 3.05) is 18.5 Å². The van der Waals surface area contributed by atoms with Crippen molar-refractivity contribution in [2.24, 2.45) is 0 Å². The van der Waals surface area contributed by atoms with Gasteiger partial charge in [-0.25, -0.2) is 4.98 Å². The molecular formula is C13H20N2O2. The fourth-order valence-corrected chi connectivity index (χ4v) is 1.48. The molecule has 0 aliphatic carbocycles. The Morgan fingerprint density at radius 3 is 3.00 bits per heavy atom. The smallest absolute Gasteiger partial charge is 0.305 e. The molecule has 0 bridgehead atoms. The van der Waals surface area contributed by atoms with E-state index in [0.717, 1.165) is 25.2 Å². The molecule has 1 rings (SSSR count). The third-order valence-corrected chi connectivity index (χ3v) is 2.33. The predicted octanol–water partition coefficient (Wildman–Crippen LogP) is 2.54. The van der Waals surface area contributed by atoms with E-state index in [-0.39, 0.29) is 5.97 Å². The molecule has 0 unspecified atom stereocenters. The second-order valence-corrected chi connectivity index (χ2v) is 3.91. The minimum absolute atomic E-state index is 0.110. The summed E-state index contributed by atoms with van der Waals surface area (Å²) in [5, 5.41) is 3.23.